The van der Waals surface area contributed by atoms with E-state index in [0.29, 0.717) is 11.8 Å². The molecule has 0 aromatic heterocycles. The highest BCUT2D eigenvalue weighted by atomic mass is 16.4. The van der Waals surface area contributed by atoms with E-state index < -0.39 is 0 Å². The maximum atomic E-state index is 9.12. The van der Waals surface area contributed by atoms with E-state index in [4.69, 9.17) is 10.9 Å². The Morgan fingerprint density at radius 1 is 0.759 bits per heavy atom. The van der Waals surface area contributed by atoms with Gasteiger partial charge >= 0.3 is 0 Å². The van der Waals surface area contributed by atoms with Crippen LogP contribution in [0.2, 0.25) is 0 Å². The highest BCUT2D eigenvalue weighted by Gasteiger charge is 2.22. The lowest BCUT2D eigenvalue weighted by Crippen LogP contribution is -2.23. The molecule has 156 valence electrons. The van der Waals surface area contributed by atoms with Gasteiger partial charge in [0.2, 0.25) is 0 Å². The van der Waals surface area contributed by atoms with Crippen LogP contribution in [0.4, 0.5) is 0 Å². The second kappa shape index (κ2) is 11.8. The summed E-state index contributed by atoms with van der Waals surface area (Å²) in [6.45, 7) is 0. The quantitative estimate of drug-likeness (QED) is 0.345. The molecule has 1 unspecified atom stereocenters. The van der Waals surface area contributed by atoms with Crippen LogP contribution in [-0.4, -0.2) is 10.9 Å². The first kappa shape index (κ1) is 21.6. The first-order chi connectivity index (χ1) is 14.3. The van der Waals surface area contributed by atoms with Gasteiger partial charge in [-0.05, 0) is 42.7 Å². The van der Waals surface area contributed by atoms with Crippen molar-refractivity contribution in [3.8, 4) is 0 Å². The van der Waals surface area contributed by atoms with E-state index in [-0.39, 0.29) is 6.04 Å². The number of rotatable bonds is 4. The van der Waals surface area contributed by atoms with Crippen LogP contribution in [0.5, 0.6) is 0 Å². The molecule has 4 rings (SSSR count). The van der Waals surface area contributed by atoms with Crippen molar-refractivity contribution in [3.63, 3.8) is 0 Å². The molecule has 2 saturated carbocycles. The Hall–Kier alpha value is -2.13. The smallest absolute Gasteiger partial charge is 0.0898 e. The molecule has 0 amide bonds. The molecule has 0 spiro atoms. The largest absolute Gasteiger partial charge is 0.411 e. The van der Waals surface area contributed by atoms with Gasteiger partial charge in [-0.3, -0.25) is 0 Å². The van der Waals surface area contributed by atoms with Gasteiger partial charge in [-0.25, -0.2) is 0 Å². The Bertz CT molecular complexity index is 717. The van der Waals surface area contributed by atoms with Crippen molar-refractivity contribution in [1.82, 2.24) is 0 Å². The Morgan fingerprint density at radius 3 is 1.83 bits per heavy atom. The zero-order valence-electron chi connectivity index (χ0n) is 17.5. The first-order valence-electron chi connectivity index (χ1n) is 11.4. The Kier molecular flexibility index (Phi) is 8.76. The summed E-state index contributed by atoms with van der Waals surface area (Å²) in [5, 5.41) is 12.6. The number of nitrogens with two attached hydrogens (primary N) is 1. The van der Waals surface area contributed by atoms with E-state index in [9.17, 15) is 0 Å². The van der Waals surface area contributed by atoms with Crippen LogP contribution in [0.15, 0.2) is 65.8 Å². The maximum absolute atomic E-state index is 9.12. The standard InChI is InChI=1S/C13H17NO.C13H19N/c15-14-13(11-7-3-1-4-8-11)12-9-5-2-6-10-12;14-13(11-7-3-1-4-8-11)12-9-5-2-6-10-12/h1,3-4,7-8,12,15H,2,5-6,9-10H2;1,3-4,7-8,12-13H,2,5-6,9-10,14H2. The lowest BCUT2D eigenvalue weighted by molar-refractivity contribution is 0.308. The molecule has 2 fully saturated rings. The Balaban J connectivity index is 0.000000166. The fraction of sp³-hybridized carbons (Fsp3) is 0.500. The maximum Gasteiger partial charge on any atom is 0.0898 e. The van der Waals surface area contributed by atoms with E-state index >= 15 is 0 Å². The minimum atomic E-state index is 0.261. The summed E-state index contributed by atoms with van der Waals surface area (Å²) in [5.41, 5.74) is 9.51. The second-order valence-electron chi connectivity index (χ2n) is 8.52. The van der Waals surface area contributed by atoms with Crippen LogP contribution in [0.25, 0.3) is 0 Å². The van der Waals surface area contributed by atoms with E-state index in [1.807, 2.05) is 30.3 Å². The van der Waals surface area contributed by atoms with Gasteiger partial charge in [-0.2, -0.15) is 0 Å². The van der Waals surface area contributed by atoms with Gasteiger partial charge in [-0.1, -0.05) is 104 Å². The average molecular weight is 393 g/mol. The predicted octanol–water partition coefficient (Wildman–Crippen LogP) is 6.71. The Labute approximate surface area is 176 Å². The number of nitrogens with zero attached hydrogens (tertiary/aromatic N) is 1. The monoisotopic (exact) mass is 392 g/mol. The molecular formula is C26H36N2O. The summed E-state index contributed by atoms with van der Waals surface area (Å²) in [6.07, 6.45) is 12.9. The van der Waals surface area contributed by atoms with Crippen LogP contribution >= 0.6 is 0 Å². The molecule has 0 saturated heterocycles. The van der Waals surface area contributed by atoms with Crippen molar-refractivity contribution in [1.29, 1.82) is 0 Å². The van der Waals surface area contributed by atoms with Crippen molar-refractivity contribution in [2.24, 2.45) is 22.7 Å². The summed E-state index contributed by atoms with van der Waals surface area (Å²) in [7, 11) is 0. The molecule has 0 heterocycles. The normalized spacial score (nSPS) is 19.8. The van der Waals surface area contributed by atoms with Crippen molar-refractivity contribution in [2.75, 3.05) is 0 Å². The third-order valence-electron chi connectivity index (χ3n) is 6.51. The summed E-state index contributed by atoms with van der Waals surface area (Å²) < 4.78 is 0. The summed E-state index contributed by atoms with van der Waals surface area (Å²) in [5.74, 6) is 1.16. The summed E-state index contributed by atoms with van der Waals surface area (Å²) in [6, 6.07) is 20.8. The molecule has 2 aromatic carbocycles. The number of benzene rings is 2. The van der Waals surface area contributed by atoms with Gasteiger partial charge in [0, 0.05) is 12.0 Å². The highest BCUT2D eigenvalue weighted by molar-refractivity contribution is 6.01. The summed E-state index contributed by atoms with van der Waals surface area (Å²) in [4.78, 5) is 0. The lowest BCUT2D eigenvalue weighted by Gasteiger charge is -2.27. The number of hydrogen-bond donors (Lipinski definition) is 2. The lowest BCUT2D eigenvalue weighted by atomic mass is 9.82. The molecule has 3 nitrogen and oxygen atoms in total. The SMILES string of the molecule is NC(c1ccccc1)C1CCCCC1.ON=C(c1ccccc1)C1CCCCC1. The molecule has 2 aromatic rings. The van der Waals surface area contributed by atoms with Gasteiger partial charge in [-0.15, -0.1) is 0 Å². The molecule has 0 aliphatic heterocycles. The molecule has 1 atom stereocenters. The molecule has 3 N–H and O–H groups in total. The van der Waals surface area contributed by atoms with Crippen LogP contribution < -0.4 is 5.73 Å². The van der Waals surface area contributed by atoms with Crippen LogP contribution in [0.1, 0.15) is 81.4 Å². The van der Waals surface area contributed by atoms with Crippen molar-refractivity contribution in [2.45, 2.75) is 70.3 Å². The zero-order chi connectivity index (χ0) is 20.3. The number of oxime groups is 1. The fourth-order valence-corrected chi connectivity index (χ4v) is 4.80. The topological polar surface area (TPSA) is 58.6 Å². The van der Waals surface area contributed by atoms with Crippen molar-refractivity contribution >= 4 is 5.71 Å². The van der Waals surface area contributed by atoms with Gasteiger partial charge in [0.15, 0.2) is 0 Å². The molecule has 0 radical (unpaired) electrons. The van der Waals surface area contributed by atoms with Gasteiger partial charge in [0.05, 0.1) is 5.71 Å². The highest BCUT2D eigenvalue weighted by Crippen LogP contribution is 2.32. The second-order valence-corrected chi connectivity index (χ2v) is 8.52. The van der Waals surface area contributed by atoms with Crippen molar-refractivity contribution in [3.05, 3.63) is 71.8 Å². The summed E-state index contributed by atoms with van der Waals surface area (Å²) >= 11 is 0. The minimum absolute atomic E-state index is 0.261. The third kappa shape index (κ3) is 6.43. The first-order valence-corrected chi connectivity index (χ1v) is 11.4. The van der Waals surface area contributed by atoms with Gasteiger partial charge < -0.3 is 10.9 Å². The Morgan fingerprint density at radius 2 is 1.28 bits per heavy atom. The van der Waals surface area contributed by atoms with E-state index in [0.717, 1.165) is 24.1 Å². The zero-order valence-corrected chi connectivity index (χ0v) is 17.5. The van der Waals surface area contributed by atoms with Gasteiger partial charge in [0.25, 0.3) is 0 Å². The average Bonchev–Trinajstić information content (AvgIpc) is 2.82. The molecule has 3 heteroatoms. The van der Waals surface area contributed by atoms with E-state index in [1.165, 1.54) is 56.9 Å². The van der Waals surface area contributed by atoms with Crippen LogP contribution in [-0.2, 0) is 0 Å². The predicted molar refractivity (Wildman–Crippen MR) is 121 cm³/mol. The minimum Gasteiger partial charge on any atom is -0.411 e. The fourth-order valence-electron chi connectivity index (χ4n) is 4.80. The third-order valence-corrected chi connectivity index (χ3v) is 6.51. The van der Waals surface area contributed by atoms with Crippen LogP contribution in [0, 0.1) is 11.8 Å². The molecular weight excluding hydrogens is 356 g/mol. The van der Waals surface area contributed by atoms with Gasteiger partial charge in [0.1, 0.15) is 0 Å². The van der Waals surface area contributed by atoms with E-state index in [2.05, 4.69) is 35.5 Å². The molecule has 0 bridgehead atoms. The molecule has 29 heavy (non-hydrogen) atoms. The molecule has 2 aliphatic carbocycles. The van der Waals surface area contributed by atoms with Crippen LogP contribution in [0.3, 0.4) is 0 Å². The molecule has 2 aliphatic rings. The number of hydrogen-bond acceptors (Lipinski definition) is 3. The van der Waals surface area contributed by atoms with Crippen molar-refractivity contribution < 1.29 is 5.21 Å². The van der Waals surface area contributed by atoms with E-state index in [1.54, 1.807) is 0 Å².